The van der Waals surface area contributed by atoms with Gasteiger partial charge in [0.05, 0.1) is 21.4 Å². The van der Waals surface area contributed by atoms with E-state index >= 15 is 0 Å². The SMILES string of the molecule is Cc1nc2ccccc2n1CCCNS(=O)(=O)c1ccc2[nH]c(=O)oc2c1. The van der Waals surface area contributed by atoms with Gasteiger partial charge in [0, 0.05) is 19.2 Å². The molecule has 8 nitrogen and oxygen atoms in total. The lowest BCUT2D eigenvalue weighted by Gasteiger charge is -2.09. The molecule has 0 bridgehead atoms. The van der Waals surface area contributed by atoms with Crippen molar-refractivity contribution in [3.05, 3.63) is 58.8 Å². The van der Waals surface area contributed by atoms with Crippen molar-refractivity contribution >= 4 is 32.2 Å². The molecule has 140 valence electrons. The summed E-state index contributed by atoms with van der Waals surface area (Å²) >= 11 is 0. The van der Waals surface area contributed by atoms with Gasteiger partial charge in [-0.05, 0) is 37.6 Å². The molecule has 0 spiro atoms. The molecule has 0 saturated heterocycles. The molecule has 0 radical (unpaired) electrons. The molecule has 0 aliphatic rings. The van der Waals surface area contributed by atoms with Crippen molar-refractivity contribution in [3.8, 4) is 0 Å². The summed E-state index contributed by atoms with van der Waals surface area (Å²) in [5.74, 6) is 0.280. The van der Waals surface area contributed by atoms with E-state index in [0.29, 0.717) is 18.5 Å². The molecule has 27 heavy (non-hydrogen) atoms. The highest BCUT2D eigenvalue weighted by Crippen LogP contribution is 2.17. The Hall–Kier alpha value is -2.91. The van der Waals surface area contributed by atoms with Gasteiger partial charge in [-0.15, -0.1) is 0 Å². The minimum absolute atomic E-state index is 0.0574. The molecule has 0 aliphatic carbocycles. The summed E-state index contributed by atoms with van der Waals surface area (Å²) < 4.78 is 34.5. The average molecular weight is 386 g/mol. The van der Waals surface area contributed by atoms with E-state index in [1.165, 1.54) is 18.2 Å². The number of aryl methyl sites for hydroxylation is 2. The van der Waals surface area contributed by atoms with Crippen LogP contribution in [-0.2, 0) is 16.6 Å². The molecule has 0 unspecified atom stereocenters. The average Bonchev–Trinajstić information content (AvgIpc) is 3.16. The molecule has 9 heteroatoms. The van der Waals surface area contributed by atoms with Crippen molar-refractivity contribution in [2.24, 2.45) is 0 Å². The number of imidazole rings is 1. The van der Waals surface area contributed by atoms with Crippen LogP contribution in [0.4, 0.5) is 0 Å². The molecule has 2 aromatic heterocycles. The van der Waals surface area contributed by atoms with Gasteiger partial charge >= 0.3 is 5.76 Å². The summed E-state index contributed by atoms with van der Waals surface area (Å²) in [5, 5.41) is 0. The summed E-state index contributed by atoms with van der Waals surface area (Å²) in [7, 11) is -3.69. The van der Waals surface area contributed by atoms with Gasteiger partial charge in [-0.1, -0.05) is 12.1 Å². The van der Waals surface area contributed by atoms with Crippen LogP contribution in [-0.4, -0.2) is 29.5 Å². The first kappa shape index (κ1) is 17.5. The van der Waals surface area contributed by atoms with E-state index in [4.69, 9.17) is 4.42 Å². The topological polar surface area (TPSA) is 110 Å². The fraction of sp³-hybridized carbons (Fsp3) is 0.222. The van der Waals surface area contributed by atoms with Gasteiger partial charge < -0.3 is 8.98 Å². The highest BCUT2D eigenvalue weighted by Gasteiger charge is 2.15. The third kappa shape index (κ3) is 3.38. The molecule has 0 atom stereocenters. The van der Waals surface area contributed by atoms with Crippen LogP contribution >= 0.6 is 0 Å². The number of hydrogen-bond donors (Lipinski definition) is 2. The molecule has 0 fully saturated rings. The quantitative estimate of drug-likeness (QED) is 0.493. The molecule has 2 N–H and O–H groups in total. The van der Waals surface area contributed by atoms with Gasteiger partial charge in [-0.2, -0.15) is 0 Å². The normalized spacial score (nSPS) is 12.2. The summed E-state index contributed by atoms with van der Waals surface area (Å²) in [6.07, 6.45) is 0.613. The van der Waals surface area contributed by atoms with Gasteiger partial charge in [0.25, 0.3) is 0 Å². The fourth-order valence-electron chi connectivity index (χ4n) is 3.10. The van der Waals surface area contributed by atoms with Gasteiger partial charge in [0.2, 0.25) is 10.0 Å². The number of benzene rings is 2. The Kier molecular flexibility index (Phi) is 4.33. The number of nitrogens with one attached hydrogen (secondary N) is 2. The molecule has 2 aromatic carbocycles. The lowest BCUT2D eigenvalue weighted by Crippen LogP contribution is -2.25. The van der Waals surface area contributed by atoms with Crippen molar-refractivity contribution in [2.45, 2.75) is 24.8 Å². The maximum Gasteiger partial charge on any atom is 0.417 e. The Morgan fingerprint density at radius 1 is 1.22 bits per heavy atom. The van der Waals surface area contributed by atoms with Gasteiger partial charge in [-0.3, -0.25) is 4.98 Å². The zero-order valence-corrected chi connectivity index (χ0v) is 15.4. The van der Waals surface area contributed by atoms with E-state index in [9.17, 15) is 13.2 Å². The van der Waals surface area contributed by atoms with Crippen molar-refractivity contribution in [3.63, 3.8) is 0 Å². The first-order valence-corrected chi connectivity index (χ1v) is 9.97. The van der Waals surface area contributed by atoms with E-state index < -0.39 is 15.8 Å². The van der Waals surface area contributed by atoms with Crippen molar-refractivity contribution < 1.29 is 12.8 Å². The molecule has 0 aliphatic heterocycles. The third-order valence-corrected chi connectivity index (χ3v) is 5.86. The second-order valence-electron chi connectivity index (χ2n) is 6.22. The van der Waals surface area contributed by atoms with E-state index in [-0.39, 0.29) is 17.0 Å². The summed E-state index contributed by atoms with van der Waals surface area (Å²) in [6.45, 7) is 2.87. The first-order chi connectivity index (χ1) is 12.9. The number of H-pyrrole nitrogens is 1. The number of nitrogens with zero attached hydrogens (tertiary/aromatic N) is 2. The molecule has 4 aromatic rings. The number of aromatic nitrogens is 3. The monoisotopic (exact) mass is 386 g/mol. The molecular formula is C18H18N4O4S. The van der Waals surface area contributed by atoms with Crippen LogP contribution in [0.25, 0.3) is 22.1 Å². The number of rotatable bonds is 6. The maximum absolute atomic E-state index is 12.5. The zero-order valence-electron chi connectivity index (χ0n) is 14.6. The number of oxazole rings is 1. The predicted octanol–water partition coefficient (Wildman–Crippen LogP) is 2.15. The summed E-state index contributed by atoms with van der Waals surface area (Å²) in [4.78, 5) is 18.2. The number of para-hydroxylation sites is 2. The van der Waals surface area contributed by atoms with Crippen LogP contribution in [0.2, 0.25) is 0 Å². The summed E-state index contributed by atoms with van der Waals surface area (Å²) in [6, 6.07) is 12.1. The maximum atomic E-state index is 12.5. The number of fused-ring (bicyclic) bond motifs is 2. The van der Waals surface area contributed by atoms with Crippen LogP contribution in [0, 0.1) is 6.92 Å². The minimum atomic E-state index is -3.69. The standard InChI is InChI=1S/C18H18N4O4S/c1-12-20-14-5-2-3-6-16(14)22(12)10-4-9-19-27(24,25)13-7-8-15-17(11-13)26-18(23)21-15/h2-3,5-8,11,19H,4,9-10H2,1H3,(H,21,23). The Labute approximate surface area is 154 Å². The predicted molar refractivity (Wildman–Crippen MR) is 101 cm³/mol. The largest absolute Gasteiger partial charge is 0.417 e. The van der Waals surface area contributed by atoms with Crippen LogP contribution in [0.15, 0.2) is 56.6 Å². The van der Waals surface area contributed by atoms with Crippen molar-refractivity contribution in [2.75, 3.05) is 6.54 Å². The van der Waals surface area contributed by atoms with Gasteiger partial charge in [0.15, 0.2) is 5.58 Å². The van der Waals surface area contributed by atoms with E-state index in [1.54, 1.807) is 0 Å². The van der Waals surface area contributed by atoms with Crippen molar-refractivity contribution in [1.82, 2.24) is 19.3 Å². The van der Waals surface area contributed by atoms with Gasteiger partial charge in [0.1, 0.15) is 5.82 Å². The van der Waals surface area contributed by atoms with Crippen LogP contribution in [0.5, 0.6) is 0 Å². The lowest BCUT2D eigenvalue weighted by atomic mass is 10.3. The molecular weight excluding hydrogens is 368 g/mol. The Morgan fingerprint density at radius 2 is 2.04 bits per heavy atom. The highest BCUT2D eigenvalue weighted by molar-refractivity contribution is 7.89. The molecule has 0 amide bonds. The minimum Gasteiger partial charge on any atom is -0.408 e. The molecule has 2 heterocycles. The van der Waals surface area contributed by atoms with Crippen molar-refractivity contribution in [1.29, 1.82) is 0 Å². The fourth-order valence-corrected chi connectivity index (χ4v) is 4.19. The highest BCUT2D eigenvalue weighted by atomic mass is 32.2. The zero-order chi connectivity index (χ0) is 19.0. The first-order valence-electron chi connectivity index (χ1n) is 8.48. The summed E-state index contributed by atoms with van der Waals surface area (Å²) in [5.41, 5.74) is 2.63. The second kappa shape index (κ2) is 6.67. The number of sulfonamides is 1. The molecule has 4 rings (SSSR count). The van der Waals surface area contributed by atoms with Crippen LogP contribution in [0.1, 0.15) is 12.2 Å². The van der Waals surface area contributed by atoms with E-state index in [0.717, 1.165) is 16.9 Å². The third-order valence-electron chi connectivity index (χ3n) is 4.40. The van der Waals surface area contributed by atoms with Crippen LogP contribution < -0.4 is 10.5 Å². The van der Waals surface area contributed by atoms with Gasteiger partial charge in [-0.25, -0.2) is 22.9 Å². The Bertz CT molecular complexity index is 1280. The van der Waals surface area contributed by atoms with Crippen LogP contribution in [0.3, 0.4) is 0 Å². The lowest BCUT2D eigenvalue weighted by molar-refractivity contribution is 0.552. The molecule has 0 saturated carbocycles. The number of aromatic amines is 1. The number of hydrogen-bond acceptors (Lipinski definition) is 5. The van der Waals surface area contributed by atoms with E-state index in [1.807, 2.05) is 31.2 Å². The Balaban J connectivity index is 1.44. The second-order valence-corrected chi connectivity index (χ2v) is 7.99. The Morgan fingerprint density at radius 3 is 2.89 bits per heavy atom. The smallest absolute Gasteiger partial charge is 0.408 e. The van der Waals surface area contributed by atoms with E-state index in [2.05, 4.69) is 19.3 Å².